The van der Waals surface area contributed by atoms with E-state index in [1.54, 1.807) is 12.2 Å². The van der Waals surface area contributed by atoms with Crippen molar-refractivity contribution in [3.63, 3.8) is 0 Å². The van der Waals surface area contributed by atoms with E-state index in [2.05, 4.69) is 23.1 Å². The van der Waals surface area contributed by atoms with Gasteiger partial charge in [-0.05, 0) is 6.08 Å². The fourth-order valence-electron chi connectivity index (χ4n) is 1.52. The lowest BCUT2D eigenvalue weighted by Gasteiger charge is -2.06. The van der Waals surface area contributed by atoms with E-state index < -0.39 is 0 Å². The van der Waals surface area contributed by atoms with Gasteiger partial charge in [0.05, 0.1) is 5.69 Å². The number of aromatic nitrogens is 2. The zero-order valence-corrected chi connectivity index (χ0v) is 9.98. The molecule has 0 aliphatic heterocycles. The van der Waals surface area contributed by atoms with Crippen LogP contribution in [0.1, 0.15) is 11.3 Å². The smallest absolute Gasteiger partial charge is 0.161 e. The minimum atomic E-state index is 0.392. The highest BCUT2D eigenvalue weighted by Gasteiger charge is 2.09. The molecule has 0 bridgehead atoms. The second-order valence-corrected chi connectivity index (χ2v) is 3.77. The van der Waals surface area contributed by atoms with Gasteiger partial charge in [-0.25, -0.2) is 9.97 Å². The Balaban J connectivity index is 2.62. The molecule has 0 amide bonds. The first-order valence-corrected chi connectivity index (χ1v) is 5.52. The summed E-state index contributed by atoms with van der Waals surface area (Å²) in [5.41, 5.74) is 2.33. The third-order valence-corrected chi connectivity index (χ3v) is 2.65. The SMILES string of the molecule is C=Cc1nc(-c2ccccc2)nc(Cl)c1C=C. The summed E-state index contributed by atoms with van der Waals surface area (Å²) in [6.07, 6.45) is 3.28. The molecule has 0 spiro atoms. The molecular weight excluding hydrogens is 232 g/mol. The lowest BCUT2D eigenvalue weighted by Crippen LogP contribution is -1.96. The first-order valence-electron chi connectivity index (χ1n) is 5.14. The molecule has 0 aliphatic carbocycles. The summed E-state index contributed by atoms with van der Waals surface area (Å²) in [5, 5.41) is 0.392. The van der Waals surface area contributed by atoms with E-state index in [0.29, 0.717) is 22.2 Å². The number of rotatable bonds is 3. The van der Waals surface area contributed by atoms with Crippen molar-refractivity contribution in [1.29, 1.82) is 0 Å². The molecule has 1 aromatic carbocycles. The Labute approximate surface area is 105 Å². The zero-order chi connectivity index (χ0) is 12.3. The van der Waals surface area contributed by atoms with Gasteiger partial charge in [0.1, 0.15) is 5.15 Å². The van der Waals surface area contributed by atoms with Gasteiger partial charge in [0.25, 0.3) is 0 Å². The standard InChI is InChI=1S/C14H11ClN2/c1-3-11-12(4-2)16-14(17-13(11)15)10-8-6-5-7-9-10/h3-9H,1-2H2. The van der Waals surface area contributed by atoms with E-state index in [-0.39, 0.29) is 0 Å². The van der Waals surface area contributed by atoms with E-state index in [0.717, 1.165) is 5.56 Å². The van der Waals surface area contributed by atoms with Gasteiger partial charge in [-0.3, -0.25) is 0 Å². The summed E-state index contributed by atoms with van der Waals surface area (Å²) in [7, 11) is 0. The molecule has 0 aliphatic rings. The second-order valence-electron chi connectivity index (χ2n) is 3.41. The Bertz CT molecular complexity index is 562. The van der Waals surface area contributed by atoms with E-state index in [1.165, 1.54) is 0 Å². The Kier molecular flexibility index (Phi) is 3.35. The summed E-state index contributed by atoms with van der Waals surface area (Å²) in [6.45, 7) is 7.41. The lowest BCUT2D eigenvalue weighted by atomic mass is 10.2. The maximum Gasteiger partial charge on any atom is 0.161 e. The molecule has 17 heavy (non-hydrogen) atoms. The van der Waals surface area contributed by atoms with E-state index in [9.17, 15) is 0 Å². The summed E-state index contributed by atoms with van der Waals surface area (Å²) in [4.78, 5) is 8.67. The van der Waals surface area contributed by atoms with Crippen LogP contribution in [-0.4, -0.2) is 9.97 Å². The van der Waals surface area contributed by atoms with Crippen molar-refractivity contribution in [3.05, 3.63) is 59.9 Å². The Hall–Kier alpha value is -1.93. The van der Waals surface area contributed by atoms with Gasteiger partial charge in [0.15, 0.2) is 5.82 Å². The largest absolute Gasteiger partial charge is 0.228 e. The fraction of sp³-hybridized carbons (Fsp3) is 0. The van der Waals surface area contributed by atoms with Crippen molar-refractivity contribution in [2.75, 3.05) is 0 Å². The van der Waals surface area contributed by atoms with Crippen LogP contribution in [0.3, 0.4) is 0 Å². The Morgan fingerprint density at radius 1 is 1.00 bits per heavy atom. The maximum absolute atomic E-state index is 6.09. The van der Waals surface area contributed by atoms with Crippen molar-refractivity contribution in [2.24, 2.45) is 0 Å². The lowest BCUT2D eigenvalue weighted by molar-refractivity contribution is 1.15. The Morgan fingerprint density at radius 2 is 1.71 bits per heavy atom. The normalized spacial score (nSPS) is 9.94. The third kappa shape index (κ3) is 2.27. The number of benzene rings is 1. The minimum absolute atomic E-state index is 0.392. The van der Waals surface area contributed by atoms with Gasteiger partial charge in [0, 0.05) is 11.1 Å². The zero-order valence-electron chi connectivity index (χ0n) is 9.23. The molecule has 0 saturated carbocycles. The number of nitrogens with zero attached hydrogens (tertiary/aromatic N) is 2. The highest BCUT2D eigenvalue weighted by Crippen LogP contribution is 2.23. The van der Waals surface area contributed by atoms with Crippen LogP contribution in [0.25, 0.3) is 23.5 Å². The van der Waals surface area contributed by atoms with Crippen LogP contribution in [0.15, 0.2) is 43.5 Å². The van der Waals surface area contributed by atoms with Crippen LogP contribution in [0.2, 0.25) is 5.15 Å². The summed E-state index contributed by atoms with van der Waals surface area (Å²) >= 11 is 6.09. The number of hydrogen-bond donors (Lipinski definition) is 0. The van der Waals surface area contributed by atoms with Gasteiger partial charge in [0.2, 0.25) is 0 Å². The van der Waals surface area contributed by atoms with Gasteiger partial charge in [-0.15, -0.1) is 0 Å². The molecule has 2 nitrogen and oxygen atoms in total. The predicted molar refractivity (Wildman–Crippen MR) is 72.7 cm³/mol. The van der Waals surface area contributed by atoms with E-state index >= 15 is 0 Å². The molecule has 2 rings (SSSR count). The highest BCUT2D eigenvalue weighted by molar-refractivity contribution is 6.31. The molecule has 1 aromatic heterocycles. The predicted octanol–water partition coefficient (Wildman–Crippen LogP) is 4.08. The van der Waals surface area contributed by atoms with Crippen LogP contribution < -0.4 is 0 Å². The first kappa shape index (κ1) is 11.6. The van der Waals surface area contributed by atoms with Gasteiger partial charge < -0.3 is 0 Å². The van der Waals surface area contributed by atoms with Crippen LogP contribution in [0.4, 0.5) is 0 Å². The molecular formula is C14H11ClN2. The molecule has 3 heteroatoms. The molecule has 0 atom stereocenters. The van der Waals surface area contributed by atoms with E-state index in [1.807, 2.05) is 30.3 Å². The average Bonchev–Trinajstić information content (AvgIpc) is 2.38. The molecule has 0 unspecified atom stereocenters. The third-order valence-electron chi connectivity index (χ3n) is 2.36. The van der Waals surface area contributed by atoms with Crippen LogP contribution in [0.5, 0.6) is 0 Å². The number of hydrogen-bond acceptors (Lipinski definition) is 2. The first-order chi connectivity index (χ1) is 8.26. The van der Waals surface area contributed by atoms with Gasteiger partial charge >= 0.3 is 0 Å². The molecule has 2 aromatic rings. The fourth-order valence-corrected chi connectivity index (χ4v) is 1.77. The number of halogens is 1. The minimum Gasteiger partial charge on any atom is -0.228 e. The maximum atomic E-state index is 6.09. The van der Waals surface area contributed by atoms with Crippen molar-refractivity contribution >= 4 is 23.8 Å². The molecule has 0 radical (unpaired) electrons. The monoisotopic (exact) mass is 242 g/mol. The molecule has 84 valence electrons. The van der Waals surface area contributed by atoms with Gasteiger partial charge in [-0.1, -0.05) is 61.2 Å². The average molecular weight is 243 g/mol. The highest BCUT2D eigenvalue weighted by atomic mass is 35.5. The van der Waals surface area contributed by atoms with Crippen LogP contribution in [0, 0.1) is 0 Å². The van der Waals surface area contributed by atoms with Gasteiger partial charge in [-0.2, -0.15) is 0 Å². The van der Waals surface area contributed by atoms with Crippen molar-refractivity contribution in [3.8, 4) is 11.4 Å². The summed E-state index contributed by atoms with van der Waals surface area (Å²) in [5.74, 6) is 0.594. The van der Waals surface area contributed by atoms with Crippen LogP contribution >= 0.6 is 11.6 Å². The Morgan fingerprint density at radius 3 is 2.29 bits per heavy atom. The van der Waals surface area contributed by atoms with E-state index in [4.69, 9.17) is 11.6 Å². The summed E-state index contributed by atoms with van der Waals surface area (Å²) < 4.78 is 0. The second kappa shape index (κ2) is 4.93. The quantitative estimate of drug-likeness (QED) is 0.758. The molecule has 0 fully saturated rings. The molecule has 0 saturated heterocycles. The van der Waals surface area contributed by atoms with Crippen molar-refractivity contribution in [2.45, 2.75) is 0 Å². The van der Waals surface area contributed by atoms with Crippen molar-refractivity contribution in [1.82, 2.24) is 9.97 Å². The molecule has 0 N–H and O–H groups in total. The molecule has 1 heterocycles. The van der Waals surface area contributed by atoms with Crippen LogP contribution in [-0.2, 0) is 0 Å². The van der Waals surface area contributed by atoms with Crippen molar-refractivity contribution < 1.29 is 0 Å². The topological polar surface area (TPSA) is 25.8 Å². The summed E-state index contributed by atoms with van der Waals surface area (Å²) in [6, 6.07) is 9.68.